The number of thiophene rings is 1. The molecule has 0 amide bonds. The van der Waals surface area contributed by atoms with Crippen molar-refractivity contribution in [3.8, 4) is 5.75 Å². The predicted octanol–water partition coefficient (Wildman–Crippen LogP) is 2.02. The first-order valence-corrected chi connectivity index (χ1v) is 10.2. The van der Waals surface area contributed by atoms with E-state index >= 15 is 0 Å². The Morgan fingerprint density at radius 2 is 2.12 bits per heavy atom. The van der Waals surface area contributed by atoms with Crippen LogP contribution in [0.3, 0.4) is 0 Å². The molecular formula is C18H21N4OS2+. The number of thioether (sulfide) groups is 1. The highest BCUT2D eigenvalue weighted by molar-refractivity contribution is 7.99. The maximum Gasteiger partial charge on any atom is 0.191 e. The Kier molecular flexibility index (Phi) is 4.78. The molecule has 1 aromatic carbocycles. The molecule has 0 aliphatic carbocycles. The molecule has 3 aromatic rings. The Labute approximate surface area is 155 Å². The van der Waals surface area contributed by atoms with Gasteiger partial charge in [0.15, 0.2) is 5.16 Å². The van der Waals surface area contributed by atoms with E-state index in [1.165, 1.54) is 10.4 Å². The minimum atomic E-state index is 0.616. The van der Waals surface area contributed by atoms with Crippen molar-refractivity contribution in [1.82, 2.24) is 9.97 Å². The quantitative estimate of drug-likeness (QED) is 0.407. The normalized spacial score (nSPS) is 16.8. The van der Waals surface area contributed by atoms with Gasteiger partial charge in [-0.15, -0.1) is 11.3 Å². The van der Waals surface area contributed by atoms with E-state index in [1.807, 2.05) is 30.3 Å². The highest BCUT2D eigenvalue weighted by Gasteiger charge is 2.24. The van der Waals surface area contributed by atoms with Crippen LogP contribution in [0.4, 0.5) is 5.82 Å². The fraction of sp³-hybridized carbons (Fsp3) is 0.333. The molecule has 0 spiro atoms. The van der Waals surface area contributed by atoms with Crippen LogP contribution in [-0.2, 0) is 13.0 Å². The zero-order valence-electron chi connectivity index (χ0n) is 14.1. The topological polar surface area (TPSA) is 65.5 Å². The van der Waals surface area contributed by atoms with Gasteiger partial charge in [-0.1, -0.05) is 30.0 Å². The van der Waals surface area contributed by atoms with Crippen molar-refractivity contribution in [2.45, 2.75) is 18.1 Å². The highest BCUT2D eigenvalue weighted by atomic mass is 32.2. The summed E-state index contributed by atoms with van der Waals surface area (Å²) in [6.07, 6.45) is 1.06. The zero-order valence-corrected chi connectivity index (χ0v) is 15.8. The van der Waals surface area contributed by atoms with Gasteiger partial charge in [-0.2, -0.15) is 0 Å². The lowest BCUT2D eigenvalue weighted by molar-refractivity contribution is -0.895. The number of nitrogen functional groups attached to an aromatic ring is 1. The van der Waals surface area contributed by atoms with Crippen molar-refractivity contribution >= 4 is 39.1 Å². The van der Waals surface area contributed by atoms with Crippen molar-refractivity contribution in [2.24, 2.45) is 0 Å². The van der Waals surface area contributed by atoms with E-state index in [0.29, 0.717) is 12.4 Å². The average molecular weight is 374 g/mol. The number of aromatic nitrogens is 2. The van der Waals surface area contributed by atoms with Gasteiger partial charge in [-0.3, -0.25) is 0 Å². The van der Waals surface area contributed by atoms with Crippen molar-refractivity contribution in [3.63, 3.8) is 0 Å². The Hall–Kier alpha value is -1.83. The number of para-hydroxylation sites is 1. The molecule has 5 nitrogen and oxygen atoms in total. The average Bonchev–Trinajstić information content (AvgIpc) is 2.97. The molecule has 1 aliphatic rings. The van der Waals surface area contributed by atoms with E-state index in [4.69, 9.17) is 15.5 Å². The number of hydrogen-bond acceptors (Lipinski definition) is 6. The highest BCUT2D eigenvalue weighted by Crippen LogP contribution is 2.35. The van der Waals surface area contributed by atoms with E-state index in [9.17, 15) is 0 Å². The summed E-state index contributed by atoms with van der Waals surface area (Å²) in [5, 5.41) is 1.82. The van der Waals surface area contributed by atoms with Crippen LogP contribution in [0.15, 0.2) is 35.5 Å². The van der Waals surface area contributed by atoms with Crippen molar-refractivity contribution in [2.75, 3.05) is 31.7 Å². The van der Waals surface area contributed by atoms with Crippen LogP contribution in [0.25, 0.3) is 10.2 Å². The van der Waals surface area contributed by atoms with Crippen LogP contribution in [-0.4, -0.2) is 35.9 Å². The van der Waals surface area contributed by atoms with E-state index < -0.39 is 0 Å². The molecular weight excluding hydrogens is 352 g/mol. The molecule has 3 N–H and O–H groups in total. The second-order valence-electron chi connectivity index (χ2n) is 6.22. The molecule has 0 bridgehead atoms. The van der Waals surface area contributed by atoms with Crippen LogP contribution in [0.5, 0.6) is 5.75 Å². The number of nitrogens with one attached hydrogen (secondary N) is 1. The smallest absolute Gasteiger partial charge is 0.191 e. The van der Waals surface area contributed by atoms with Gasteiger partial charge in [0.2, 0.25) is 0 Å². The van der Waals surface area contributed by atoms with Gasteiger partial charge in [0.1, 0.15) is 22.9 Å². The Morgan fingerprint density at radius 3 is 2.96 bits per heavy atom. The lowest BCUT2D eigenvalue weighted by Crippen LogP contribution is -3.08. The molecule has 25 heavy (non-hydrogen) atoms. The van der Waals surface area contributed by atoms with Crippen LogP contribution < -0.4 is 15.4 Å². The van der Waals surface area contributed by atoms with Gasteiger partial charge in [-0.05, 0) is 17.7 Å². The van der Waals surface area contributed by atoms with Crippen molar-refractivity contribution in [1.29, 1.82) is 0 Å². The van der Waals surface area contributed by atoms with Crippen LogP contribution >= 0.6 is 23.1 Å². The number of ether oxygens (including phenoxy) is 1. The molecule has 0 radical (unpaired) electrons. The molecule has 1 aliphatic heterocycles. The SMILES string of the molecule is C[NH+]1CCc2c(sc3nc(SCCOc4ccccc4)nc(N)c23)C1. The van der Waals surface area contributed by atoms with Gasteiger partial charge in [0.25, 0.3) is 0 Å². The summed E-state index contributed by atoms with van der Waals surface area (Å²) in [6.45, 7) is 2.82. The summed E-state index contributed by atoms with van der Waals surface area (Å²) in [5.74, 6) is 2.29. The second-order valence-corrected chi connectivity index (χ2v) is 8.36. The third-order valence-corrected chi connectivity index (χ3v) is 6.27. The minimum Gasteiger partial charge on any atom is -0.493 e. The summed E-state index contributed by atoms with van der Waals surface area (Å²) in [4.78, 5) is 13.2. The van der Waals surface area contributed by atoms with E-state index in [1.54, 1.807) is 28.0 Å². The molecule has 4 rings (SSSR count). The summed E-state index contributed by atoms with van der Waals surface area (Å²) >= 11 is 3.36. The number of nitrogens with zero attached hydrogens (tertiary/aromatic N) is 2. The summed E-state index contributed by atoms with van der Waals surface area (Å²) in [5.41, 5.74) is 7.63. The maximum absolute atomic E-state index is 6.26. The first kappa shape index (κ1) is 16.6. The predicted molar refractivity (Wildman–Crippen MR) is 104 cm³/mol. The minimum absolute atomic E-state index is 0.616. The third kappa shape index (κ3) is 3.58. The number of rotatable bonds is 5. The monoisotopic (exact) mass is 373 g/mol. The summed E-state index contributed by atoms with van der Waals surface area (Å²) in [7, 11) is 2.23. The molecule has 0 saturated heterocycles. The number of benzene rings is 1. The lowest BCUT2D eigenvalue weighted by atomic mass is 10.1. The number of likely N-dealkylation sites (N-methyl/N-ethyl adjacent to an activating group) is 1. The van der Waals surface area contributed by atoms with Gasteiger partial charge in [0.05, 0.1) is 30.5 Å². The largest absolute Gasteiger partial charge is 0.493 e. The standard InChI is InChI=1S/C18H20N4OS2/c1-22-8-7-13-14(11-22)25-17-15(13)16(19)20-18(21-17)24-10-9-23-12-5-3-2-4-6-12/h2-6H,7-11H2,1H3,(H2,19,20,21)/p+1. The van der Waals surface area contributed by atoms with Gasteiger partial charge >= 0.3 is 0 Å². The fourth-order valence-corrected chi connectivity index (χ4v) is 5.16. The number of fused-ring (bicyclic) bond motifs is 3. The van der Waals surface area contributed by atoms with Crippen molar-refractivity contribution in [3.05, 3.63) is 40.8 Å². The molecule has 3 heterocycles. The molecule has 0 fully saturated rings. The van der Waals surface area contributed by atoms with Gasteiger partial charge in [0, 0.05) is 12.2 Å². The Balaban J connectivity index is 1.46. The molecule has 1 atom stereocenters. The number of hydrogen-bond donors (Lipinski definition) is 2. The number of anilines is 1. The summed E-state index contributed by atoms with van der Waals surface area (Å²) in [6, 6.07) is 9.84. The Morgan fingerprint density at radius 1 is 1.28 bits per heavy atom. The molecule has 2 aromatic heterocycles. The lowest BCUT2D eigenvalue weighted by Gasteiger charge is -2.19. The molecule has 1 unspecified atom stereocenters. The van der Waals surface area contributed by atoms with Gasteiger partial charge < -0.3 is 15.4 Å². The van der Waals surface area contributed by atoms with Crippen LogP contribution in [0, 0.1) is 0 Å². The first-order chi connectivity index (χ1) is 12.2. The molecule has 0 saturated carbocycles. The third-order valence-electron chi connectivity index (χ3n) is 4.33. The van der Waals surface area contributed by atoms with Crippen molar-refractivity contribution < 1.29 is 9.64 Å². The maximum atomic E-state index is 6.26. The summed E-state index contributed by atoms with van der Waals surface area (Å²) < 4.78 is 5.72. The number of nitrogens with two attached hydrogens (primary N) is 1. The van der Waals surface area contributed by atoms with E-state index in [0.717, 1.165) is 46.4 Å². The second kappa shape index (κ2) is 7.19. The molecule has 7 heteroatoms. The fourth-order valence-electron chi connectivity index (χ4n) is 3.09. The van der Waals surface area contributed by atoms with E-state index in [-0.39, 0.29) is 0 Å². The number of quaternary nitrogens is 1. The van der Waals surface area contributed by atoms with Crippen LogP contribution in [0.1, 0.15) is 10.4 Å². The van der Waals surface area contributed by atoms with E-state index in [2.05, 4.69) is 12.0 Å². The Bertz CT molecular complexity index is 882. The van der Waals surface area contributed by atoms with Gasteiger partial charge in [-0.25, -0.2) is 9.97 Å². The van der Waals surface area contributed by atoms with Crippen LogP contribution in [0.2, 0.25) is 0 Å². The zero-order chi connectivity index (χ0) is 17.2. The first-order valence-electron chi connectivity index (χ1n) is 8.40. The molecule has 130 valence electrons.